The van der Waals surface area contributed by atoms with Crippen LogP contribution >= 0.6 is 11.3 Å². The highest BCUT2D eigenvalue weighted by Gasteiger charge is 2.27. The van der Waals surface area contributed by atoms with Crippen molar-refractivity contribution in [2.75, 3.05) is 0 Å². The smallest absolute Gasteiger partial charge is 0.242 e. The summed E-state index contributed by atoms with van der Waals surface area (Å²) in [7, 11) is 0. The average molecular weight is 329 g/mol. The minimum atomic E-state index is -0.397. The van der Waals surface area contributed by atoms with Gasteiger partial charge in [0.25, 0.3) is 0 Å². The molecule has 2 N–H and O–H groups in total. The fourth-order valence-corrected chi connectivity index (χ4v) is 3.71. The van der Waals surface area contributed by atoms with Gasteiger partial charge in [-0.1, -0.05) is 24.3 Å². The first-order valence-electron chi connectivity index (χ1n) is 7.64. The molecule has 1 aliphatic rings. The molecule has 0 unspecified atom stereocenters. The number of nitrogens with zero attached hydrogens (tertiary/aromatic N) is 1. The number of hydrogen-bond acceptors (Lipinski definition) is 4. The molecule has 0 saturated carbocycles. The van der Waals surface area contributed by atoms with Gasteiger partial charge in [0.2, 0.25) is 11.8 Å². The van der Waals surface area contributed by atoms with Gasteiger partial charge < -0.3 is 10.6 Å². The molecule has 3 rings (SSSR count). The Morgan fingerprint density at radius 2 is 2.17 bits per heavy atom. The van der Waals surface area contributed by atoms with E-state index in [1.807, 2.05) is 19.1 Å². The number of aryl methyl sites for hydroxylation is 2. The fraction of sp³-hybridized carbons (Fsp3) is 0.353. The summed E-state index contributed by atoms with van der Waals surface area (Å²) < 4.78 is 0. The van der Waals surface area contributed by atoms with E-state index < -0.39 is 6.04 Å². The van der Waals surface area contributed by atoms with E-state index in [1.54, 1.807) is 11.3 Å². The number of benzene rings is 1. The van der Waals surface area contributed by atoms with Crippen molar-refractivity contribution in [3.8, 4) is 10.6 Å². The van der Waals surface area contributed by atoms with Crippen LogP contribution in [0.25, 0.3) is 10.6 Å². The summed E-state index contributed by atoms with van der Waals surface area (Å²) in [5, 5.41) is 6.55. The zero-order valence-electron chi connectivity index (χ0n) is 13.2. The lowest BCUT2D eigenvalue weighted by atomic mass is 10.1. The molecule has 1 aromatic carbocycles. The Balaban J connectivity index is 1.68. The quantitative estimate of drug-likeness (QED) is 0.904. The number of aromatic nitrogens is 1. The number of amides is 2. The first-order valence-corrected chi connectivity index (χ1v) is 8.45. The van der Waals surface area contributed by atoms with Gasteiger partial charge in [-0.2, -0.15) is 0 Å². The summed E-state index contributed by atoms with van der Waals surface area (Å²) in [6.07, 6.45) is 0.996. The van der Waals surface area contributed by atoms with E-state index in [2.05, 4.69) is 34.7 Å². The predicted molar refractivity (Wildman–Crippen MR) is 90.0 cm³/mol. The Kier molecular flexibility index (Phi) is 4.43. The number of carbonyl (C=O) groups excluding carboxylic acids is 2. The van der Waals surface area contributed by atoms with Crippen molar-refractivity contribution in [3.05, 3.63) is 40.4 Å². The van der Waals surface area contributed by atoms with Crippen LogP contribution in [0.3, 0.4) is 0 Å². The zero-order chi connectivity index (χ0) is 16.4. The van der Waals surface area contributed by atoms with Crippen molar-refractivity contribution in [1.82, 2.24) is 15.6 Å². The second kappa shape index (κ2) is 6.50. The molecule has 0 radical (unpaired) electrons. The number of thiazole rings is 1. The summed E-state index contributed by atoms with van der Waals surface area (Å²) in [5.74, 6) is -0.179. The Labute approximate surface area is 139 Å². The molecule has 0 aliphatic carbocycles. The SMILES string of the molecule is Cc1ccccc1-c1nc(C)c(CNC(=O)[C@@H]2CCC(=O)N2)s1. The standard InChI is InChI=1S/C17H19N3O2S/c1-10-5-3-4-6-12(10)17-19-11(2)14(23-17)9-18-16(22)13-7-8-15(21)20-13/h3-6,13H,7-9H2,1-2H3,(H,18,22)(H,20,21)/t13-/m0/s1. The van der Waals surface area contributed by atoms with Crippen LogP contribution in [-0.2, 0) is 16.1 Å². The van der Waals surface area contributed by atoms with E-state index in [4.69, 9.17) is 0 Å². The first-order chi connectivity index (χ1) is 11.0. The molecular formula is C17H19N3O2S. The third-order valence-electron chi connectivity index (χ3n) is 4.00. The van der Waals surface area contributed by atoms with Crippen LogP contribution < -0.4 is 10.6 Å². The number of nitrogens with one attached hydrogen (secondary N) is 2. The Hall–Kier alpha value is -2.21. The first kappa shape index (κ1) is 15.7. The molecule has 2 aromatic rings. The van der Waals surface area contributed by atoms with Gasteiger partial charge in [0.1, 0.15) is 11.0 Å². The van der Waals surface area contributed by atoms with Gasteiger partial charge in [0, 0.05) is 16.9 Å². The number of carbonyl (C=O) groups is 2. The van der Waals surface area contributed by atoms with Crippen LogP contribution in [-0.4, -0.2) is 22.8 Å². The van der Waals surface area contributed by atoms with E-state index in [1.165, 1.54) is 5.56 Å². The molecule has 1 atom stereocenters. The molecule has 0 bridgehead atoms. The van der Waals surface area contributed by atoms with Gasteiger partial charge in [-0.05, 0) is 25.8 Å². The van der Waals surface area contributed by atoms with Crippen LogP contribution in [0, 0.1) is 13.8 Å². The molecule has 120 valence electrons. The number of rotatable bonds is 4. The maximum atomic E-state index is 12.1. The Morgan fingerprint density at radius 1 is 1.39 bits per heavy atom. The third kappa shape index (κ3) is 3.42. The van der Waals surface area contributed by atoms with Gasteiger partial charge in [0.15, 0.2) is 0 Å². The van der Waals surface area contributed by atoms with Crippen molar-refractivity contribution in [3.63, 3.8) is 0 Å². The Morgan fingerprint density at radius 3 is 2.87 bits per heavy atom. The summed E-state index contributed by atoms with van der Waals surface area (Å²) >= 11 is 1.60. The zero-order valence-corrected chi connectivity index (χ0v) is 14.0. The maximum absolute atomic E-state index is 12.1. The molecular weight excluding hydrogens is 310 g/mol. The highest BCUT2D eigenvalue weighted by molar-refractivity contribution is 7.15. The van der Waals surface area contributed by atoms with Crippen molar-refractivity contribution in [1.29, 1.82) is 0 Å². The molecule has 2 amide bonds. The van der Waals surface area contributed by atoms with Crippen molar-refractivity contribution in [2.45, 2.75) is 39.3 Å². The molecule has 1 aliphatic heterocycles. The van der Waals surface area contributed by atoms with Gasteiger partial charge in [-0.25, -0.2) is 4.98 Å². The average Bonchev–Trinajstić information content (AvgIpc) is 3.11. The monoisotopic (exact) mass is 329 g/mol. The lowest BCUT2D eigenvalue weighted by Gasteiger charge is -2.10. The Bertz CT molecular complexity index is 754. The topological polar surface area (TPSA) is 71.1 Å². The fourth-order valence-electron chi connectivity index (χ4n) is 2.62. The summed E-state index contributed by atoms with van der Waals surface area (Å²) in [6.45, 7) is 4.47. The van der Waals surface area contributed by atoms with Gasteiger partial charge in [-0.15, -0.1) is 11.3 Å². The van der Waals surface area contributed by atoms with E-state index in [9.17, 15) is 9.59 Å². The molecule has 0 spiro atoms. The van der Waals surface area contributed by atoms with Crippen molar-refractivity contribution < 1.29 is 9.59 Å². The van der Waals surface area contributed by atoms with Gasteiger partial charge in [0.05, 0.1) is 12.2 Å². The largest absolute Gasteiger partial charge is 0.349 e. The van der Waals surface area contributed by atoms with E-state index in [0.29, 0.717) is 19.4 Å². The molecule has 23 heavy (non-hydrogen) atoms. The molecule has 1 saturated heterocycles. The van der Waals surface area contributed by atoms with Crippen LogP contribution in [0.2, 0.25) is 0 Å². The molecule has 5 nitrogen and oxygen atoms in total. The second-order valence-corrected chi connectivity index (χ2v) is 6.80. The minimum Gasteiger partial charge on any atom is -0.349 e. The molecule has 6 heteroatoms. The number of hydrogen-bond donors (Lipinski definition) is 2. The van der Waals surface area contributed by atoms with Crippen LogP contribution in [0.4, 0.5) is 0 Å². The van der Waals surface area contributed by atoms with Crippen molar-refractivity contribution in [2.24, 2.45) is 0 Å². The molecule has 2 heterocycles. The van der Waals surface area contributed by atoms with Crippen LogP contribution in [0.5, 0.6) is 0 Å². The van der Waals surface area contributed by atoms with Crippen LogP contribution in [0.15, 0.2) is 24.3 Å². The summed E-state index contributed by atoms with van der Waals surface area (Å²) in [6, 6.07) is 7.74. The van der Waals surface area contributed by atoms with E-state index in [-0.39, 0.29) is 11.8 Å². The summed E-state index contributed by atoms with van der Waals surface area (Å²) in [4.78, 5) is 28.9. The lowest BCUT2D eigenvalue weighted by Crippen LogP contribution is -2.41. The molecule has 1 aromatic heterocycles. The minimum absolute atomic E-state index is 0.0547. The lowest BCUT2D eigenvalue weighted by molar-refractivity contribution is -0.125. The normalized spacial score (nSPS) is 17.1. The second-order valence-electron chi connectivity index (χ2n) is 5.72. The highest BCUT2D eigenvalue weighted by Crippen LogP contribution is 2.30. The molecule has 1 fully saturated rings. The third-order valence-corrected chi connectivity index (χ3v) is 5.19. The van der Waals surface area contributed by atoms with Gasteiger partial charge >= 0.3 is 0 Å². The predicted octanol–water partition coefficient (Wildman–Crippen LogP) is 2.32. The van der Waals surface area contributed by atoms with Crippen molar-refractivity contribution >= 4 is 23.2 Å². The highest BCUT2D eigenvalue weighted by atomic mass is 32.1. The van der Waals surface area contributed by atoms with E-state index >= 15 is 0 Å². The maximum Gasteiger partial charge on any atom is 0.242 e. The summed E-state index contributed by atoms with van der Waals surface area (Å²) in [5.41, 5.74) is 3.25. The van der Waals surface area contributed by atoms with Gasteiger partial charge in [-0.3, -0.25) is 9.59 Å². The van der Waals surface area contributed by atoms with E-state index in [0.717, 1.165) is 21.1 Å². The van der Waals surface area contributed by atoms with Crippen LogP contribution in [0.1, 0.15) is 29.0 Å².